The van der Waals surface area contributed by atoms with Gasteiger partial charge in [-0.1, -0.05) is 13.8 Å². The fraction of sp³-hybridized carbons (Fsp3) is 0.600. The molecule has 0 aliphatic carbocycles. The SMILES string of the molecule is CCOC(=O)Oc1c(OC)cc(C(=O)OCCCCN(CC)CC)cc1OC. The van der Waals surface area contributed by atoms with Gasteiger partial charge in [0, 0.05) is 0 Å². The van der Waals surface area contributed by atoms with Gasteiger partial charge < -0.3 is 28.6 Å². The second kappa shape index (κ2) is 12.8. The lowest BCUT2D eigenvalue weighted by Gasteiger charge is -2.17. The van der Waals surface area contributed by atoms with Crippen molar-refractivity contribution in [2.45, 2.75) is 33.6 Å². The number of benzene rings is 1. The first-order chi connectivity index (χ1) is 13.5. The quantitative estimate of drug-likeness (QED) is 0.301. The predicted octanol–water partition coefficient (Wildman–Crippen LogP) is 3.52. The van der Waals surface area contributed by atoms with E-state index in [1.54, 1.807) is 6.92 Å². The first kappa shape index (κ1) is 23.6. The molecule has 0 aliphatic rings. The maximum absolute atomic E-state index is 12.4. The van der Waals surface area contributed by atoms with Crippen molar-refractivity contribution in [3.8, 4) is 17.2 Å². The van der Waals surface area contributed by atoms with E-state index in [0.29, 0.717) is 6.61 Å². The first-order valence-corrected chi connectivity index (χ1v) is 9.50. The maximum atomic E-state index is 12.4. The molecule has 0 fully saturated rings. The molecule has 1 aromatic carbocycles. The summed E-state index contributed by atoms with van der Waals surface area (Å²) in [4.78, 5) is 26.3. The molecule has 1 rings (SSSR count). The minimum Gasteiger partial charge on any atom is -0.493 e. The fourth-order valence-corrected chi connectivity index (χ4v) is 2.55. The normalized spacial score (nSPS) is 10.5. The van der Waals surface area contributed by atoms with Crippen LogP contribution in [0.3, 0.4) is 0 Å². The van der Waals surface area contributed by atoms with E-state index < -0.39 is 12.1 Å². The van der Waals surface area contributed by atoms with E-state index in [9.17, 15) is 9.59 Å². The number of esters is 1. The van der Waals surface area contributed by atoms with E-state index in [1.807, 2.05) is 0 Å². The van der Waals surface area contributed by atoms with Crippen LogP contribution >= 0.6 is 0 Å². The van der Waals surface area contributed by atoms with Gasteiger partial charge in [0.2, 0.25) is 5.75 Å². The molecular formula is C20H31NO7. The third-order valence-electron chi connectivity index (χ3n) is 4.14. The molecule has 1 aromatic rings. The molecule has 0 atom stereocenters. The lowest BCUT2D eigenvalue weighted by atomic mass is 10.2. The lowest BCUT2D eigenvalue weighted by molar-refractivity contribution is 0.0494. The molecule has 0 aromatic heterocycles. The fourth-order valence-electron chi connectivity index (χ4n) is 2.55. The summed E-state index contributed by atoms with van der Waals surface area (Å²) in [6.45, 7) is 9.41. The summed E-state index contributed by atoms with van der Waals surface area (Å²) >= 11 is 0. The Hall–Kier alpha value is -2.48. The summed E-state index contributed by atoms with van der Waals surface area (Å²) in [7, 11) is 2.80. The average Bonchev–Trinajstić information content (AvgIpc) is 2.70. The van der Waals surface area contributed by atoms with Crippen LogP contribution in [0.2, 0.25) is 0 Å². The number of carbonyl (C=O) groups excluding carboxylic acids is 2. The molecule has 0 bridgehead atoms. The van der Waals surface area contributed by atoms with E-state index in [1.165, 1.54) is 26.4 Å². The van der Waals surface area contributed by atoms with Crippen molar-refractivity contribution in [1.29, 1.82) is 0 Å². The van der Waals surface area contributed by atoms with Crippen LogP contribution in [0, 0.1) is 0 Å². The predicted molar refractivity (Wildman–Crippen MR) is 105 cm³/mol. The van der Waals surface area contributed by atoms with Crippen LogP contribution in [0.25, 0.3) is 0 Å². The second-order valence-corrected chi connectivity index (χ2v) is 5.86. The number of unbranched alkanes of at least 4 members (excludes halogenated alkanes) is 1. The number of methoxy groups -OCH3 is 2. The average molecular weight is 397 g/mol. The van der Waals surface area contributed by atoms with Crippen LogP contribution < -0.4 is 14.2 Å². The zero-order chi connectivity index (χ0) is 20.9. The summed E-state index contributed by atoms with van der Waals surface area (Å²) in [6, 6.07) is 2.88. The van der Waals surface area contributed by atoms with Gasteiger partial charge in [-0.2, -0.15) is 0 Å². The van der Waals surface area contributed by atoms with Crippen LogP contribution in [0.5, 0.6) is 17.2 Å². The van der Waals surface area contributed by atoms with Gasteiger partial charge in [0.25, 0.3) is 0 Å². The molecule has 0 spiro atoms. The molecule has 0 amide bonds. The van der Waals surface area contributed by atoms with E-state index in [4.69, 9.17) is 23.7 Å². The Bertz CT molecular complexity index is 604. The van der Waals surface area contributed by atoms with Crippen molar-refractivity contribution >= 4 is 12.1 Å². The molecule has 0 N–H and O–H groups in total. The first-order valence-electron chi connectivity index (χ1n) is 9.50. The van der Waals surface area contributed by atoms with Crippen molar-refractivity contribution < 1.29 is 33.3 Å². The van der Waals surface area contributed by atoms with Gasteiger partial charge in [0.05, 0.1) is 33.0 Å². The van der Waals surface area contributed by atoms with Crippen molar-refractivity contribution in [3.05, 3.63) is 17.7 Å². The monoisotopic (exact) mass is 397 g/mol. The molecule has 0 saturated carbocycles. The minimum absolute atomic E-state index is 0.0409. The number of rotatable bonds is 12. The van der Waals surface area contributed by atoms with Crippen molar-refractivity contribution in [2.75, 3.05) is 47.1 Å². The molecule has 28 heavy (non-hydrogen) atoms. The molecule has 8 heteroatoms. The second-order valence-electron chi connectivity index (χ2n) is 5.86. The number of hydrogen-bond acceptors (Lipinski definition) is 8. The minimum atomic E-state index is -0.886. The highest BCUT2D eigenvalue weighted by molar-refractivity contribution is 5.91. The van der Waals surface area contributed by atoms with Gasteiger partial charge >= 0.3 is 12.1 Å². The van der Waals surface area contributed by atoms with Crippen molar-refractivity contribution in [1.82, 2.24) is 4.90 Å². The van der Waals surface area contributed by atoms with Gasteiger partial charge in [-0.3, -0.25) is 0 Å². The Morgan fingerprint density at radius 1 is 0.929 bits per heavy atom. The molecule has 0 radical (unpaired) electrons. The summed E-state index contributed by atoms with van der Waals surface area (Å²) in [5.74, 6) is -0.122. The Labute approximate surface area is 166 Å². The van der Waals surface area contributed by atoms with Crippen LogP contribution in [0.15, 0.2) is 12.1 Å². The largest absolute Gasteiger partial charge is 0.514 e. The standard InChI is InChI=1S/C20H31NO7/c1-6-21(7-2)11-9-10-12-27-19(22)15-13-16(24-4)18(17(14-15)25-5)28-20(23)26-8-3/h13-14H,6-12H2,1-5H3. The zero-order valence-electron chi connectivity index (χ0n) is 17.4. The van der Waals surface area contributed by atoms with E-state index in [0.717, 1.165) is 32.5 Å². The number of ether oxygens (including phenoxy) is 5. The smallest absolute Gasteiger partial charge is 0.493 e. The third-order valence-corrected chi connectivity index (χ3v) is 4.14. The summed E-state index contributed by atoms with van der Waals surface area (Å²) in [5.41, 5.74) is 0.244. The van der Waals surface area contributed by atoms with Gasteiger partial charge in [0.1, 0.15) is 0 Å². The lowest BCUT2D eigenvalue weighted by Crippen LogP contribution is -2.24. The van der Waals surface area contributed by atoms with Crippen molar-refractivity contribution in [2.24, 2.45) is 0 Å². The van der Waals surface area contributed by atoms with Gasteiger partial charge in [-0.05, 0) is 51.5 Å². The Morgan fingerprint density at radius 2 is 1.54 bits per heavy atom. The highest BCUT2D eigenvalue weighted by Crippen LogP contribution is 2.39. The van der Waals surface area contributed by atoms with E-state index >= 15 is 0 Å². The number of hydrogen-bond donors (Lipinski definition) is 0. The number of carbonyl (C=O) groups is 2. The molecule has 8 nitrogen and oxygen atoms in total. The summed E-state index contributed by atoms with van der Waals surface area (Å²) in [5, 5.41) is 0. The van der Waals surface area contributed by atoms with Gasteiger partial charge in [-0.15, -0.1) is 0 Å². The van der Waals surface area contributed by atoms with Crippen molar-refractivity contribution in [3.63, 3.8) is 0 Å². The Balaban J connectivity index is 2.74. The Morgan fingerprint density at radius 3 is 2.04 bits per heavy atom. The van der Waals surface area contributed by atoms with Crippen LogP contribution in [-0.4, -0.2) is 64.1 Å². The summed E-state index contributed by atoms with van der Waals surface area (Å²) < 4.78 is 25.7. The highest BCUT2D eigenvalue weighted by Gasteiger charge is 2.21. The Kier molecular flexibility index (Phi) is 10.8. The van der Waals surface area contributed by atoms with E-state index in [-0.39, 0.29) is 29.4 Å². The molecular weight excluding hydrogens is 366 g/mol. The molecule has 158 valence electrons. The van der Waals surface area contributed by atoms with Crippen LogP contribution in [-0.2, 0) is 9.47 Å². The topological polar surface area (TPSA) is 83.5 Å². The number of nitrogens with zero attached hydrogens (tertiary/aromatic N) is 1. The molecule has 0 saturated heterocycles. The molecule has 0 aliphatic heterocycles. The maximum Gasteiger partial charge on any atom is 0.514 e. The zero-order valence-corrected chi connectivity index (χ0v) is 17.4. The third kappa shape index (κ3) is 7.26. The van der Waals surface area contributed by atoms with Crippen LogP contribution in [0.4, 0.5) is 4.79 Å². The van der Waals surface area contributed by atoms with Gasteiger partial charge in [0.15, 0.2) is 11.5 Å². The molecule has 0 heterocycles. The van der Waals surface area contributed by atoms with Crippen LogP contribution in [0.1, 0.15) is 44.0 Å². The highest BCUT2D eigenvalue weighted by atomic mass is 16.7. The summed E-state index contributed by atoms with van der Waals surface area (Å²) in [6.07, 6.45) is 0.844. The van der Waals surface area contributed by atoms with E-state index in [2.05, 4.69) is 18.7 Å². The molecule has 0 unspecified atom stereocenters. The van der Waals surface area contributed by atoms with Gasteiger partial charge in [-0.25, -0.2) is 9.59 Å².